The minimum absolute atomic E-state index is 0. The van der Waals surface area contributed by atoms with Crippen LogP contribution < -0.4 is 8.97 Å². The molecule has 11 heteroatoms. The van der Waals surface area contributed by atoms with E-state index in [9.17, 15) is 25.2 Å². The summed E-state index contributed by atoms with van der Waals surface area (Å²) in [5.41, 5.74) is 3.13. The summed E-state index contributed by atoms with van der Waals surface area (Å²) in [6, 6.07) is 4.79. The molecule has 1 aliphatic heterocycles. The normalized spacial score (nSPS) is 29.2. The second-order valence-corrected chi connectivity index (χ2v) is 6.58. The Morgan fingerprint density at radius 3 is 2.52 bits per heavy atom. The number of hydrogen-bond donors (Lipinski definition) is 6. The van der Waals surface area contributed by atoms with Crippen molar-refractivity contribution >= 4 is 27.6 Å². The Balaban J connectivity index is 0.00000312. The topological polar surface area (TPSA) is 149 Å². The van der Waals surface area contributed by atoms with Gasteiger partial charge in [0.25, 0.3) is 0 Å². The minimum Gasteiger partial charge on any atom is 0 e. The fourth-order valence-corrected chi connectivity index (χ4v) is 3.13. The average molecular weight is 493 g/mol. The monoisotopic (exact) mass is 493 g/mol. The number of rotatable bonds is 6. The van der Waals surface area contributed by atoms with Gasteiger partial charge >= 0.3 is 144 Å². The van der Waals surface area contributed by atoms with Crippen molar-refractivity contribution in [3.8, 4) is 5.75 Å². The minimum atomic E-state index is -1.77. The number of aliphatic carboxylic acids is 1. The second kappa shape index (κ2) is 10.2. The number of aliphatic hydroxyl groups excluding tert-OH is 4. The molecule has 0 amide bonds. The van der Waals surface area contributed by atoms with E-state index in [1.807, 2.05) is 5.71 Å². The van der Waals surface area contributed by atoms with Gasteiger partial charge in [-0.3, -0.25) is 0 Å². The van der Waals surface area contributed by atoms with Crippen molar-refractivity contribution in [3.05, 3.63) is 23.8 Å². The van der Waals surface area contributed by atoms with Crippen molar-refractivity contribution in [2.75, 3.05) is 4.23 Å². The molecule has 1 heterocycles. The molecule has 9 nitrogen and oxygen atoms in total. The molecule has 6 N–H and O–H groups in total. The van der Waals surface area contributed by atoms with Gasteiger partial charge in [-0.1, -0.05) is 0 Å². The van der Waals surface area contributed by atoms with Crippen molar-refractivity contribution < 1.29 is 72.5 Å². The third-order valence-electron chi connectivity index (χ3n) is 3.51. The second-order valence-electron chi connectivity index (χ2n) is 5.18. The van der Waals surface area contributed by atoms with Gasteiger partial charge in [0.1, 0.15) is 0 Å². The number of aliphatic hydroxyl groups is 4. The predicted molar refractivity (Wildman–Crippen MR) is 82.6 cm³/mol. The summed E-state index contributed by atoms with van der Waals surface area (Å²) in [4.78, 5) is 11.1. The summed E-state index contributed by atoms with van der Waals surface area (Å²) in [6.45, 7) is -0.163. The summed E-state index contributed by atoms with van der Waals surface area (Å²) in [7, 11) is 0. The zero-order valence-electron chi connectivity index (χ0n) is 13.3. The average Bonchev–Trinajstić information content (AvgIpc) is 2.56. The van der Waals surface area contributed by atoms with Gasteiger partial charge < -0.3 is 0 Å². The molecule has 0 spiro atoms. The Bertz CT molecular complexity index is 592. The quantitative estimate of drug-likeness (QED) is 0.261. The van der Waals surface area contributed by atoms with Crippen molar-refractivity contribution in [1.29, 1.82) is 0 Å². The molecule has 2 radical (unpaired) electrons. The fourth-order valence-electron chi connectivity index (χ4n) is 2.26. The third-order valence-corrected chi connectivity index (χ3v) is 4.49. The van der Waals surface area contributed by atoms with Crippen molar-refractivity contribution in [2.24, 2.45) is 0 Å². The van der Waals surface area contributed by atoms with Gasteiger partial charge in [0.05, 0.1) is 0 Å². The van der Waals surface area contributed by atoms with Gasteiger partial charge in [0.15, 0.2) is 0 Å². The smallest absolute Gasteiger partial charge is 0 e. The Kier molecular flexibility index (Phi) is 9.28. The molecular weight excluding hydrogens is 474 g/mol. The van der Waals surface area contributed by atoms with Crippen LogP contribution in [0.25, 0.3) is 0 Å². The predicted octanol–water partition coefficient (Wildman–Crippen LogP) is -1.47. The summed E-state index contributed by atoms with van der Waals surface area (Å²) in [6.07, 6.45) is -8.32. The van der Waals surface area contributed by atoms with Crippen molar-refractivity contribution in [3.63, 3.8) is 0 Å². The number of hydrogen-bond acceptors (Lipinski definition) is 8. The number of nitrogens with one attached hydrogen (secondary N) is 1. The molecule has 5 atom stereocenters. The molecule has 136 valence electrons. The van der Waals surface area contributed by atoms with Gasteiger partial charge in [0.2, 0.25) is 0 Å². The van der Waals surface area contributed by atoms with E-state index in [0.717, 1.165) is 0 Å². The van der Waals surface area contributed by atoms with Gasteiger partial charge in [-0.05, 0) is 0 Å². The van der Waals surface area contributed by atoms with E-state index in [-0.39, 0.29) is 61.0 Å². The van der Waals surface area contributed by atoms with Crippen LogP contribution in [0.15, 0.2) is 18.2 Å². The molecule has 0 bridgehead atoms. The molecule has 0 aliphatic carbocycles. The van der Waals surface area contributed by atoms with E-state index in [4.69, 9.17) is 14.6 Å². The molecule has 0 aromatic heterocycles. The molecule has 0 saturated carbocycles. The SMILES string of the molecule is C[As]Nc1cc(CO)ccc1OC1OC(C(=O)O)C(O)C(O)C1O.[Y]. The van der Waals surface area contributed by atoms with E-state index in [0.29, 0.717) is 11.3 Å². The summed E-state index contributed by atoms with van der Waals surface area (Å²) >= 11 is -0.239. The summed E-state index contributed by atoms with van der Waals surface area (Å²) in [5.74, 6) is -1.21. The maximum Gasteiger partial charge on any atom is 0 e. The third kappa shape index (κ3) is 5.37. The maximum atomic E-state index is 11.1. The Morgan fingerprint density at radius 2 is 1.96 bits per heavy atom. The van der Waals surface area contributed by atoms with Crippen LogP contribution in [0.3, 0.4) is 0 Å². The first-order valence-corrected chi connectivity index (χ1v) is 9.88. The van der Waals surface area contributed by atoms with Crippen LogP contribution in [0.1, 0.15) is 5.56 Å². The zero-order chi connectivity index (χ0) is 17.9. The van der Waals surface area contributed by atoms with Crippen LogP contribution in [0.5, 0.6) is 5.75 Å². The van der Waals surface area contributed by atoms with E-state index in [2.05, 4.69) is 4.23 Å². The molecule has 1 fully saturated rings. The van der Waals surface area contributed by atoms with Crippen LogP contribution in [0.4, 0.5) is 5.69 Å². The van der Waals surface area contributed by atoms with E-state index in [1.165, 1.54) is 6.07 Å². The maximum absolute atomic E-state index is 11.1. The first kappa shape index (κ1) is 22.8. The van der Waals surface area contributed by atoms with Gasteiger partial charge in [-0.25, -0.2) is 0 Å². The Labute approximate surface area is 176 Å². The number of carboxylic acid groups (broad SMARTS) is 1. The molecule has 2 rings (SSSR count). The fraction of sp³-hybridized carbons (Fsp3) is 0.500. The first-order chi connectivity index (χ1) is 11.4. The van der Waals surface area contributed by atoms with Gasteiger partial charge in [0, 0.05) is 32.7 Å². The summed E-state index contributed by atoms with van der Waals surface area (Å²) < 4.78 is 13.7. The van der Waals surface area contributed by atoms with Crippen molar-refractivity contribution in [1.82, 2.24) is 0 Å². The van der Waals surface area contributed by atoms with Crippen LogP contribution in [-0.4, -0.2) is 78.2 Å². The molecular formula is C14H19AsNO8Y. The Hall–Kier alpha value is -0.248. The van der Waals surface area contributed by atoms with Crippen molar-refractivity contribution in [2.45, 2.75) is 43.0 Å². The number of carbonyl (C=O) groups is 1. The molecule has 1 aromatic rings. The van der Waals surface area contributed by atoms with Gasteiger partial charge in [-0.15, -0.1) is 0 Å². The number of anilines is 1. The molecule has 5 unspecified atom stereocenters. The van der Waals surface area contributed by atoms with Gasteiger partial charge in [-0.2, -0.15) is 0 Å². The molecule has 25 heavy (non-hydrogen) atoms. The molecule has 1 aromatic carbocycles. The van der Waals surface area contributed by atoms with E-state index in [1.54, 1.807) is 12.1 Å². The van der Waals surface area contributed by atoms with Crippen LogP contribution in [0.2, 0.25) is 5.71 Å². The first-order valence-electron chi connectivity index (χ1n) is 7.06. The zero-order valence-corrected chi connectivity index (χ0v) is 18.0. The standard InChI is InChI=1S/C14H19AsNO8.Y/c1-15-16-7-4-6(5-17)2-3-8(7)23-14-11(20)9(18)10(19)12(24-14)13(21)22;/h2-4,9-12,14,16-20H,5H2,1H3,(H,21,22);. The number of ether oxygens (including phenoxy) is 2. The number of carboxylic acids is 1. The largest absolute Gasteiger partial charge is 0 e. The van der Waals surface area contributed by atoms with E-state index < -0.39 is 36.7 Å². The molecule has 1 saturated heterocycles. The Morgan fingerprint density at radius 1 is 1.28 bits per heavy atom. The van der Waals surface area contributed by atoms with Crippen LogP contribution in [0, 0.1) is 0 Å². The molecule has 1 aliphatic rings. The van der Waals surface area contributed by atoms with Crippen LogP contribution >= 0.6 is 0 Å². The van der Waals surface area contributed by atoms with E-state index >= 15 is 0 Å². The number of benzene rings is 1. The summed E-state index contributed by atoms with van der Waals surface area (Å²) in [5, 5.41) is 47.7. The van der Waals surface area contributed by atoms with Crippen LogP contribution in [-0.2, 0) is 48.8 Å².